The van der Waals surface area contributed by atoms with Crippen LogP contribution in [-0.4, -0.2) is 36.5 Å². The zero-order valence-electron chi connectivity index (χ0n) is 14.2. The van der Waals surface area contributed by atoms with Gasteiger partial charge in [-0.25, -0.2) is 0 Å². The average molecular weight is 334 g/mol. The first-order chi connectivity index (χ1) is 12.3. The second kappa shape index (κ2) is 7.11. The van der Waals surface area contributed by atoms with E-state index < -0.39 is 0 Å². The van der Waals surface area contributed by atoms with Crippen molar-refractivity contribution in [2.75, 3.05) is 19.7 Å². The summed E-state index contributed by atoms with van der Waals surface area (Å²) in [6.07, 6.45) is 2.92. The number of para-hydroxylation sites is 1. The zero-order valence-corrected chi connectivity index (χ0v) is 14.2. The molecule has 1 N–H and O–H groups in total. The largest absolute Gasteiger partial charge is 0.488 e. The molecule has 0 bridgehead atoms. The van der Waals surface area contributed by atoms with Crippen molar-refractivity contribution in [3.63, 3.8) is 0 Å². The third kappa shape index (κ3) is 3.74. The summed E-state index contributed by atoms with van der Waals surface area (Å²) in [5, 5.41) is 3.17. The summed E-state index contributed by atoms with van der Waals surface area (Å²) in [7, 11) is 0. The lowest BCUT2D eigenvalue weighted by Gasteiger charge is -2.20. The minimum Gasteiger partial charge on any atom is -0.488 e. The van der Waals surface area contributed by atoms with Crippen LogP contribution in [0.4, 0.5) is 0 Å². The van der Waals surface area contributed by atoms with Gasteiger partial charge in [0, 0.05) is 31.2 Å². The minimum absolute atomic E-state index is 0.0129. The molecule has 0 aromatic heterocycles. The first-order valence-corrected chi connectivity index (χ1v) is 8.77. The molecule has 2 aliphatic heterocycles. The van der Waals surface area contributed by atoms with Crippen molar-refractivity contribution in [2.45, 2.75) is 19.0 Å². The van der Waals surface area contributed by atoms with Gasteiger partial charge in [-0.15, -0.1) is 0 Å². The average Bonchev–Trinajstić information content (AvgIpc) is 3.09. The van der Waals surface area contributed by atoms with Gasteiger partial charge in [-0.05, 0) is 24.1 Å². The van der Waals surface area contributed by atoms with Crippen LogP contribution in [0.1, 0.15) is 17.5 Å². The maximum atomic E-state index is 12.6. The van der Waals surface area contributed by atoms with E-state index in [0.717, 1.165) is 37.4 Å². The molecule has 0 unspecified atom stereocenters. The van der Waals surface area contributed by atoms with E-state index in [0.29, 0.717) is 12.2 Å². The first-order valence-electron chi connectivity index (χ1n) is 8.77. The van der Waals surface area contributed by atoms with Gasteiger partial charge in [0.1, 0.15) is 12.4 Å². The van der Waals surface area contributed by atoms with Crippen LogP contribution in [0.15, 0.2) is 60.2 Å². The molecule has 0 saturated carbocycles. The summed E-state index contributed by atoms with van der Waals surface area (Å²) >= 11 is 0. The van der Waals surface area contributed by atoms with Crippen LogP contribution in [0.3, 0.4) is 0 Å². The van der Waals surface area contributed by atoms with Gasteiger partial charge in [-0.1, -0.05) is 48.5 Å². The summed E-state index contributed by atoms with van der Waals surface area (Å²) in [6.45, 7) is 3.18. The van der Waals surface area contributed by atoms with Crippen LogP contribution < -0.4 is 10.1 Å². The summed E-state index contributed by atoms with van der Waals surface area (Å²) in [5.74, 6) is 0.829. The molecular formula is C21H22N2O2. The Morgan fingerprint density at radius 1 is 1.12 bits per heavy atom. The van der Waals surface area contributed by atoms with Crippen molar-refractivity contribution in [1.29, 1.82) is 0 Å². The Hall–Kier alpha value is -2.59. The van der Waals surface area contributed by atoms with Crippen molar-refractivity contribution in [2.24, 2.45) is 0 Å². The second-order valence-electron chi connectivity index (χ2n) is 6.68. The van der Waals surface area contributed by atoms with Crippen molar-refractivity contribution in [3.05, 3.63) is 71.3 Å². The summed E-state index contributed by atoms with van der Waals surface area (Å²) in [5.41, 5.74) is 2.98. The van der Waals surface area contributed by atoms with Crippen molar-refractivity contribution >= 4 is 12.0 Å². The number of benzene rings is 2. The Balaban J connectivity index is 1.34. The quantitative estimate of drug-likeness (QED) is 0.935. The van der Waals surface area contributed by atoms with E-state index in [1.54, 1.807) is 0 Å². The van der Waals surface area contributed by atoms with Gasteiger partial charge >= 0.3 is 0 Å². The van der Waals surface area contributed by atoms with E-state index in [-0.39, 0.29) is 11.9 Å². The van der Waals surface area contributed by atoms with Crippen LogP contribution >= 0.6 is 0 Å². The molecule has 4 rings (SSSR count). The molecular weight excluding hydrogens is 312 g/mol. The maximum absolute atomic E-state index is 12.6. The predicted molar refractivity (Wildman–Crippen MR) is 98.2 cm³/mol. The molecule has 1 amide bonds. The van der Waals surface area contributed by atoms with Crippen molar-refractivity contribution in [1.82, 2.24) is 10.2 Å². The number of nitrogens with one attached hydrogen (secondary N) is 1. The van der Waals surface area contributed by atoms with Crippen molar-refractivity contribution < 1.29 is 9.53 Å². The Kier molecular flexibility index (Phi) is 4.53. The molecule has 25 heavy (non-hydrogen) atoms. The molecule has 2 heterocycles. The van der Waals surface area contributed by atoms with E-state index in [9.17, 15) is 4.79 Å². The first kappa shape index (κ1) is 15.9. The predicted octanol–water partition coefficient (Wildman–Crippen LogP) is 2.85. The van der Waals surface area contributed by atoms with E-state index in [1.807, 2.05) is 36.4 Å². The number of rotatable bonds is 4. The lowest BCUT2D eigenvalue weighted by molar-refractivity contribution is -0.118. The highest BCUT2D eigenvalue weighted by Gasteiger charge is 2.26. The molecule has 2 aliphatic rings. The van der Waals surface area contributed by atoms with E-state index in [2.05, 4.69) is 34.5 Å². The number of fused-ring (bicyclic) bond motifs is 1. The summed E-state index contributed by atoms with van der Waals surface area (Å²) < 4.78 is 5.68. The molecule has 1 saturated heterocycles. The number of ether oxygens (including phenoxy) is 1. The molecule has 0 spiro atoms. The minimum atomic E-state index is -0.0129. The highest BCUT2D eigenvalue weighted by molar-refractivity contribution is 5.99. The number of nitrogens with zero attached hydrogens (tertiary/aromatic N) is 1. The third-order valence-corrected chi connectivity index (χ3v) is 4.78. The van der Waals surface area contributed by atoms with Gasteiger partial charge in [-0.2, -0.15) is 0 Å². The lowest BCUT2D eigenvalue weighted by atomic mass is 10.1. The van der Waals surface area contributed by atoms with Crippen LogP contribution in [0, 0.1) is 0 Å². The molecule has 4 nitrogen and oxygen atoms in total. The van der Waals surface area contributed by atoms with E-state index in [4.69, 9.17) is 4.74 Å². The summed E-state index contributed by atoms with van der Waals surface area (Å²) in [4.78, 5) is 14.9. The van der Waals surface area contributed by atoms with Crippen molar-refractivity contribution in [3.8, 4) is 5.75 Å². The van der Waals surface area contributed by atoms with Gasteiger partial charge < -0.3 is 10.1 Å². The van der Waals surface area contributed by atoms with Crippen LogP contribution in [0.25, 0.3) is 6.08 Å². The summed E-state index contributed by atoms with van der Waals surface area (Å²) in [6, 6.07) is 18.5. The van der Waals surface area contributed by atoms with E-state index in [1.165, 1.54) is 5.56 Å². The van der Waals surface area contributed by atoms with Gasteiger partial charge in [0.25, 0.3) is 5.91 Å². The third-order valence-electron chi connectivity index (χ3n) is 4.78. The molecule has 0 radical (unpaired) electrons. The Labute approximate surface area is 148 Å². The molecule has 1 atom stereocenters. The Morgan fingerprint density at radius 3 is 2.80 bits per heavy atom. The molecule has 0 aliphatic carbocycles. The fourth-order valence-electron chi connectivity index (χ4n) is 3.46. The molecule has 2 aromatic rings. The fraction of sp³-hybridized carbons (Fsp3) is 0.286. The topological polar surface area (TPSA) is 41.6 Å². The standard InChI is InChI=1S/C21H22N2O2/c24-21(18-12-17-8-4-5-9-20(17)25-15-18)22-19-10-11-23(14-19)13-16-6-2-1-3-7-16/h1-9,12,19H,10-11,13-15H2,(H,22,24)/t19-/m0/s1. The van der Waals surface area contributed by atoms with Crippen LogP contribution in [-0.2, 0) is 11.3 Å². The van der Waals surface area contributed by atoms with Gasteiger partial charge in [0.05, 0.1) is 5.57 Å². The monoisotopic (exact) mass is 334 g/mol. The number of carbonyl (C=O) groups excluding carboxylic acids is 1. The number of carbonyl (C=O) groups is 1. The number of hydrogen-bond donors (Lipinski definition) is 1. The Bertz CT molecular complexity index is 785. The molecule has 4 heteroatoms. The van der Waals surface area contributed by atoms with Gasteiger partial charge in [0.15, 0.2) is 0 Å². The highest BCUT2D eigenvalue weighted by atomic mass is 16.5. The molecule has 128 valence electrons. The second-order valence-corrected chi connectivity index (χ2v) is 6.68. The smallest absolute Gasteiger partial charge is 0.250 e. The number of likely N-dealkylation sites (tertiary alicyclic amines) is 1. The molecule has 2 aromatic carbocycles. The molecule has 1 fully saturated rings. The lowest BCUT2D eigenvalue weighted by Crippen LogP contribution is -2.39. The number of amides is 1. The van der Waals surface area contributed by atoms with Gasteiger partial charge in [0.2, 0.25) is 0 Å². The van der Waals surface area contributed by atoms with E-state index >= 15 is 0 Å². The van der Waals surface area contributed by atoms with Crippen LogP contribution in [0.5, 0.6) is 5.75 Å². The van der Waals surface area contributed by atoms with Gasteiger partial charge in [-0.3, -0.25) is 9.69 Å². The normalized spacial score (nSPS) is 19.7. The zero-order chi connectivity index (χ0) is 17.1. The van der Waals surface area contributed by atoms with Crippen LogP contribution in [0.2, 0.25) is 0 Å². The highest BCUT2D eigenvalue weighted by Crippen LogP contribution is 2.26. The number of hydrogen-bond acceptors (Lipinski definition) is 3. The fourth-order valence-corrected chi connectivity index (χ4v) is 3.46. The maximum Gasteiger partial charge on any atom is 0.250 e. The Morgan fingerprint density at radius 2 is 1.92 bits per heavy atom. The SMILES string of the molecule is O=C(N[C@H]1CCN(Cc2ccccc2)C1)C1=Cc2ccccc2OC1.